The molecule has 2 atom stereocenters. The van der Waals surface area contributed by atoms with E-state index >= 15 is 0 Å². The van der Waals surface area contributed by atoms with Crippen molar-refractivity contribution in [3.8, 4) is 5.75 Å². The summed E-state index contributed by atoms with van der Waals surface area (Å²) in [4.78, 5) is 22.7. The van der Waals surface area contributed by atoms with Crippen molar-refractivity contribution in [2.75, 3.05) is 12.4 Å². The SMILES string of the molecule is COc1cc(C2CC2C(=O)O)ccc1NC(=O)OC(C)(C)C. The van der Waals surface area contributed by atoms with E-state index in [1.165, 1.54) is 7.11 Å². The Labute approximate surface area is 129 Å². The summed E-state index contributed by atoms with van der Waals surface area (Å²) in [5, 5.41) is 11.6. The van der Waals surface area contributed by atoms with E-state index in [1.54, 1.807) is 32.9 Å². The first-order valence-corrected chi connectivity index (χ1v) is 7.12. The summed E-state index contributed by atoms with van der Waals surface area (Å²) in [6, 6.07) is 5.28. The van der Waals surface area contributed by atoms with Crippen molar-refractivity contribution in [2.24, 2.45) is 5.92 Å². The number of amides is 1. The molecule has 2 unspecified atom stereocenters. The maximum absolute atomic E-state index is 11.8. The quantitative estimate of drug-likeness (QED) is 0.892. The highest BCUT2D eigenvalue weighted by molar-refractivity contribution is 5.87. The summed E-state index contributed by atoms with van der Waals surface area (Å²) in [7, 11) is 1.50. The summed E-state index contributed by atoms with van der Waals surface area (Å²) in [5.74, 6) is -0.601. The van der Waals surface area contributed by atoms with Crippen LogP contribution in [0.3, 0.4) is 0 Å². The predicted octanol–water partition coefficient (Wildman–Crippen LogP) is 3.23. The van der Waals surface area contributed by atoms with Gasteiger partial charge in [-0.3, -0.25) is 10.1 Å². The van der Waals surface area contributed by atoms with Crippen molar-refractivity contribution in [1.82, 2.24) is 0 Å². The number of methoxy groups -OCH3 is 1. The molecule has 22 heavy (non-hydrogen) atoms. The van der Waals surface area contributed by atoms with Crippen LogP contribution in [0.2, 0.25) is 0 Å². The number of carboxylic acids is 1. The highest BCUT2D eigenvalue weighted by Crippen LogP contribution is 2.48. The molecule has 1 aliphatic carbocycles. The van der Waals surface area contributed by atoms with Crippen molar-refractivity contribution in [1.29, 1.82) is 0 Å². The first-order chi connectivity index (χ1) is 10.2. The van der Waals surface area contributed by atoms with Crippen LogP contribution in [0.25, 0.3) is 0 Å². The Morgan fingerprint density at radius 3 is 2.50 bits per heavy atom. The molecule has 6 heteroatoms. The van der Waals surface area contributed by atoms with E-state index in [0.29, 0.717) is 17.9 Å². The molecule has 1 aromatic rings. The number of carbonyl (C=O) groups is 2. The lowest BCUT2D eigenvalue weighted by atomic mass is 10.1. The second kappa shape index (κ2) is 5.87. The van der Waals surface area contributed by atoms with Gasteiger partial charge in [0, 0.05) is 0 Å². The Balaban J connectivity index is 2.10. The Morgan fingerprint density at radius 1 is 1.32 bits per heavy atom. The smallest absolute Gasteiger partial charge is 0.412 e. The van der Waals surface area contributed by atoms with E-state index in [9.17, 15) is 9.59 Å². The van der Waals surface area contributed by atoms with Crippen molar-refractivity contribution in [3.63, 3.8) is 0 Å². The van der Waals surface area contributed by atoms with Gasteiger partial charge in [0.05, 0.1) is 18.7 Å². The van der Waals surface area contributed by atoms with Gasteiger partial charge in [-0.2, -0.15) is 0 Å². The molecule has 0 aliphatic heterocycles. The van der Waals surface area contributed by atoms with E-state index < -0.39 is 17.7 Å². The lowest BCUT2D eigenvalue weighted by molar-refractivity contribution is -0.138. The second-order valence-electron chi connectivity index (χ2n) is 6.37. The molecule has 0 spiro atoms. The maximum Gasteiger partial charge on any atom is 0.412 e. The molecule has 1 fully saturated rings. The third-order valence-corrected chi connectivity index (χ3v) is 3.40. The minimum atomic E-state index is -0.778. The lowest BCUT2D eigenvalue weighted by Gasteiger charge is -2.20. The predicted molar refractivity (Wildman–Crippen MR) is 81.3 cm³/mol. The average molecular weight is 307 g/mol. The van der Waals surface area contributed by atoms with E-state index in [0.717, 1.165) is 5.56 Å². The molecular weight excluding hydrogens is 286 g/mol. The second-order valence-corrected chi connectivity index (χ2v) is 6.37. The zero-order valence-corrected chi connectivity index (χ0v) is 13.2. The highest BCUT2D eigenvalue weighted by atomic mass is 16.6. The number of nitrogens with one attached hydrogen (secondary N) is 1. The van der Waals surface area contributed by atoms with Gasteiger partial charge in [0.15, 0.2) is 0 Å². The fourth-order valence-corrected chi connectivity index (χ4v) is 2.29. The van der Waals surface area contributed by atoms with Crippen LogP contribution in [0.15, 0.2) is 18.2 Å². The largest absolute Gasteiger partial charge is 0.495 e. The Morgan fingerprint density at radius 2 is 2.00 bits per heavy atom. The van der Waals surface area contributed by atoms with Crippen LogP contribution in [-0.2, 0) is 9.53 Å². The van der Waals surface area contributed by atoms with Gasteiger partial charge < -0.3 is 14.6 Å². The molecule has 0 saturated heterocycles. The Bertz CT molecular complexity index is 591. The number of benzene rings is 1. The molecule has 2 N–H and O–H groups in total. The van der Waals surface area contributed by atoms with Gasteiger partial charge in [-0.05, 0) is 50.8 Å². The zero-order chi connectivity index (χ0) is 16.5. The van der Waals surface area contributed by atoms with Gasteiger partial charge in [0.1, 0.15) is 11.4 Å². The molecule has 1 saturated carbocycles. The standard InChI is InChI=1S/C16H21NO5/c1-16(2,3)22-15(20)17-12-6-5-9(7-13(12)21-4)10-8-11(10)14(18)19/h5-7,10-11H,8H2,1-4H3,(H,17,20)(H,18,19). The van der Waals surface area contributed by atoms with Crippen LogP contribution in [0.4, 0.5) is 10.5 Å². The van der Waals surface area contributed by atoms with Crippen molar-refractivity contribution in [2.45, 2.75) is 38.7 Å². The summed E-state index contributed by atoms with van der Waals surface area (Å²) in [5.41, 5.74) is 0.812. The van der Waals surface area contributed by atoms with E-state index in [4.69, 9.17) is 14.6 Å². The number of aliphatic carboxylic acids is 1. The van der Waals surface area contributed by atoms with Crippen LogP contribution < -0.4 is 10.1 Å². The van der Waals surface area contributed by atoms with E-state index in [1.807, 2.05) is 6.07 Å². The van der Waals surface area contributed by atoms with Gasteiger partial charge in [0.25, 0.3) is 0 Å². The fraction of sp³-hybridized carbons (Fsp3) is 0.500. The normalized spacial score (nSPS) is 20.2. The first kappa shape index (κ1) is 16.1. The Hall–Kier alpha value is -2.24. The van der Waals surface area contributed by atoms with Gasteiger partial charge in [-0.25, -0.2) is 4.79 Å². The van der Waals surface area contributed by atoms with Gasteiger partial charge in [-0.15, -0.1) is 0 Å². The van der Waals surface area contributed by atoms with Crippen LogP contribution in [-0.4, -0.2) is 29.9 Å². The summed E-state index contributed by atoms with van der Waals surface area (Å²) < 4.78 is 10.5. The van der Waals surface area contributed by atoms with Crippen molar-refractivity contribution in [3.05, 3.63) is 23.8 Å². The monoisotopic (exact) mass is 307 g/mol. The third kappa shape index (κ3) is 3.90. The molecule has 1 aromatic carbocycles. The van der Waals surface area contributed by atoms with Gasteiger partial charge in [-0.1, -0.05) is 6.07 Å². The molecule has 6 nitrogen and oxygen atoms in total. The topological polar surface area (TPSA) is 84.9 Å². The van der Waals surface area contributed by atoms with Crippen LogP contribution >= 0.6 is 0 Å². The van der Waals surface area contributed by atoms with Gasteiger partial charge in [0.2, 0.25) is 0 Å². The summed E-state index contributed by atoms with van der Waals surface area (Å²) >= 11 is 0. The van der Waals surface area contributed by atoms with Crippen LogP contribution in [0, 0.1) is 5.92 Å². The molecule has 0 bridgehead atoms. The number of anilines is 1. The number of rotatable bonds is 4. The minimum absolute atomic E-state index is 0.0157. The number of ether oxygens (including phenoxy) is 2. The molecule has 2 rings (SSSR count). The number of carboxylic acid groups (broad SMARTS) is 1. The summed E-state index contributed by atoms with van der Waals surface area (Å²) in [6.45, 7) is 5.35. The zero-order valence-electron chi connectivity index (χ0n) is 13.2. The summed E-state index contributed by atoms with van der Waals surface area (Å²) in [6.07, 6.45) is 0.0746. The minimum Gasteiger partial charge on any atom is -0.495 e. The number of carbonyl (C=O) groups excluding carboxylic acids is 1. The molecule has 1 amide bonds. The molecule has 0 aromatic heterocycles. The average Bonchev–Trinajstić information content (AvgIpc) is 3.17. The number of hydrogen-bond donors (Lipinski definition) is 2. The van der Waals surface area contributed by atoms with Crippen molar-refractivity contribution >= 4 is 17.7 Å². The van der Waals surface area contributed by atoms with Crippen molar-refractivity contribution < 1.29 is 24.2 Å². The third-order valence-electron chi connectivity index (χ3n) is 3.40. The molecule has 1 aliphatic rings. The molecule has 0 radical (unpaired) electrons. The lowest BCUT2D eigenvalue weighted by Crippen LogP contribution is -2.27. The molecule has 120 valence electrons. The molecular formula is C16H21NO5. The maximum atomic E-state index is 11.8. The van der Waals surface area contributed by atoms with Gasteiger partial charge >= 0.3 is 12.1 Å². The van der Waals surface area contributed by atoms with E-state index in [2.05, 4.69) is 5.32 Å². The first-order valence-electron chi connectivity index (χ1n) is 7.12. The molecule has 0 heterocycles. The highest BCUT2D eigenvalue weighted by Gasteiger charge is 2.44. The Kier molecular flexibility index (Phi) is 4.30. The van der Waals surface area contributed by atoms with Crippen LogP contribution in [0.5, 0.6) is 5.75 Å². The fourth-order valence-electron chi connectivity index (χ4n) is 2.29. The number of hydrogen-bond acceptors (Lipinski definition) is 4. The van der Waals surface area contributed by atoms with E-state index in [-0.39, 0.29) is 11.8 Å². The van der Waals surface area contributed by atoms with Crippen LogP contribution in [0.1, 0.15) is 38.7 Å².